The van der Waals surface area contributed by atoms with Gasteiger partial charge >= 0.3 is 6.18 Å². The van der Waals surface area contributed by atoms with Gasteiger partial charge in [0.1, 0.15) is 5.69 Å². The minimum absolute atomic E-state index is 0.0354. The van der Waals surface area contributed by atoms with Crippen molar-refractivity contribution in [2.45, 2.75) is 41.6 Å². The van der Waals surface area contributed by atoms with Crippen LogP contribution < -0.4 is 0 Å². The molecule has 1 N–H and O–H groups in total. The van der Waals surface area contributed by atoms with E-state index in [0.29, 0.717) is 22.3 Å². The van der Waals surface area contributed by atoms with Gasteiger partial charge in [-0.25, -0.2) is 13.8 Å². The van der Waals surface area contributed by atoms with Crippen LogP contribution in [0.15, 0.2) is 45.3 Å². The van der Waals surface area contributed by atoms with Crippen molar-refractivity contribution in [2.75, 3.05) is 5.75 Å². The van der Waals surface area contributed by atoms with E-state index < -0.39 is 23.9 Å². The van der Waals surface area contributed by atoms with E-state index in [-0.39, 0.29) is 21.9 Å². The summed E-state index contributed by atoms with van der Waals surface area (Å²) in [7, 11) is 1.52. The van der Waals surface area contributed by atoms with Crippen LogP contribution in [0.5, 0.6) is 0 Å². The molecule has 0 saturated carbocycles. The third-order valence-electron chi connectivity index (χ3n) is 4.77. The summed E-state index contributed by atoms with van der Waals surface area (Å²) in [4.78, 5) is 4.36. The number of alkyl halides is 5. The fourth-order valence-corrected chi connectivity index (χ4v) is 4.99. The van der Waals surface area contributed by atoms with Gasteiger partial charge in [-0.1, -0.05) is 42.6 Å². The molecular weight excluding hydrogens is 513 g/mol. The van der Waals surface area contributed by atoms with E-state index in [2.05, 4.69) is 30.5 Å². The number of aromatic nitrogens is 7. The molecule has 0 aliphatic rings. The molecule has 0 amide bonds. The van der Waals surface area contributed by atoms with Crippen LogP contribution in [0, 0.1) is 0 Å². The average molecular weight is 532 g/mol. The number of aryl methyl sites for hydroxylation is 1. The minimum Gasteiger partial charge on any atom is -0.411 e. The molecule has 15 heteroatoms. The lowest BCUT2D eigenvalue weighted by atomic mass is 10.1. The Morgan fingerprint density at radius 1 is 1.14 bits per heavy atom. The van der Waals surface area contributed by atoms with Crippen molar-refractivity contribution in [1.82, 2.24) is 35.2 Å². The summed E-state index contributed by atoms with van der Waals surface area (Å²) in [5.41, 5.74) is -0.601. The Morgan fingerprint density at radius 3 is 2.54 bits per heavy atom. The number of hydrogen-bond donors (Lipinski definition) is 1. The number of nitrogens with zero attached hydrogens (tertiary/aromatic N) is 6. The van der Waals surface area contributed by atoms with Crippen LogP contribution in [0.25, 0.3) is 22.8 Å². The van der Waals surface area contributed by atoms with Crippen molar-refractivity contribution in [1.29, 1.82) is 0 Å². The largest absolute Gasteiger partial charge is 0.416 e. The lowest BCUT2D eigenvalue weighted by Crippen LogP contribution is -2.05. The van der Waals surface area contributed by atoms with Gasteiger partial charge < -0.3 is 4.42 Å². The summed E-state index contributed by atoms with van der Waals surface area (Å²) in [5.74, 6) is 0.866. The van der Waals surface area contributed by atoms with Gasteiger partial charge in [-0.2, -0.15) is 18.3 Å². The molecule has 35 heavy (non-hydrogen) atoms. The average Bonchev–Trinajstić information content (AvgIpc) is 3.55. The second-order valence-corrected chi connectivity index (χ2v) is 9.52. The summed E-state index contributed by atoms with van der Waals surface area (Å²) >= 11 is 2.65. The molecule has 3 heterocycles. The molecule has 1 aromatic carbocycles. The highest BCUT2D eigenvalue weighted by molar-refractivity contribution is 8.03. The van der Waals surface area contributed by atoms with Crippen LogP contribution in [-0.2, 0) is 13.2 Å². The summed E-state index contributed by atoms with van der Waals surface area (Å²) in [5, 5.41) is 19.1. The quantitative estimate of drug-likeness (QED) is 0.211. The van der Waals surface area contributed by atoms with Crippen molar-refractivity contribution >= 4 is 23.5 Å². The highest BCUT2D eigenvalue weighted by Crippen LogP contribution is 2.34. The fraction of sp³-hybridized carbons (Fsp3) is 0.350. The third kappa shape index (κ3) is 6.01. The maximum atomic E-state index is 13.2. The summed E-state index contributed by atoms with van der Waals surface area (Å²) in [6.07, 6.45) is -5.04. The molecule has 1 atom stereocenters. The highest BCUT2D eigenvalue weighted by atomic mass is 32.2. The number of benzene rings is 1. The van der Waals surface area contributed by atoms with Gasteiger partial charge in [-0.3, -0.25) is 9.78 Å². The lowest BCUT2D eigenvalue weighted by Gasteiger charge is -2.09. The summed E-state index contributed by atoms with van der Waals surface area (Å²) in [6.45, 7) is 1.98. The second-order valence-electron chi connectivity index (χ2n) is 7.28. The number of halogens is 5. The molecule has 186 valence electrons. The topological polar surface area (TPSA) is 98.3 Å². The number of H-pyrrole nitrogens is 1. The fourth-order valence-electron chi connectivity index (χ4n) is 3.00. The van der Waals surface area contributed by atoms with Crippen molar-refractivity contribution in [2.24, 2.45) is 7.05 Å². The van der Waals surface area contributed by atoms with E-state index in [1.165, 1.54) is 53.6 Å². The summed E-state index contributed by atoms with van der Waals surface area (Å²) < 4.78 is 71.4. The van der Waals surface area contributed by atoms with Crippen molar-refractivity contribution in [3.05, 3.63) is 41.7 Å². The summed E-state index contributed by atoms with van der Waals surface area (Å²) in [6, 6.07) is 4.65. The normalized spacial score (nSPS) is 13.0. The Kier molecular flexibility index (Phi) is 7.44. The maximum Gasteiger partial charge on any atom is 0.416 e. The molecule has 3 aromatic heterocycles. The SMILES string of the molecule is CCC(CSc1nnc(-c2cn(C)nc2C(F)F)o1)Sc1n[nH]c(-c2ccc(C(F)(F)F)cc2)n1. The van der Waals surface area contributed by atoms with E-state index in [0.717, 1.165) is 18.6 Å². The van der Waals surface area contributed by atoms with Crippen molar-refractivity contribution < 1.29 is 26.4 Å². The molecule has 4 aromatic rings. The maximum absolute atomic E-state index is 13.2. The molecule has 4 rings (SSSR count). The molecule has 0 aliphatic heterocycles. The zero-order valence-electron chi connectivity index (χ0n) is 18.3. The van der Waals surface area contributed by atoms with Gasteiger partial charge in [0.2, 0.25) is 5.16 Å². The number of rotatable bonds is 9. The smallest absolute Gasteiger partial charge is 0.411 e. The molecule has 8 nitrogen and oxygen atoms in total. The van der Waals surface area contributed by atoms with Crippen LogP contribution in [0.2, 0.25) is 0 Å². The third-order valence-corrected chi connectivity index (χ3v) is 7.19. The van der Waals surface area contributed by atoms with E-state index in [4.69, 9.17) is 4.42 Å². The van der Waals surface area contributed by atoms with E-state index in [9.17, 15) is 22.0 Å². The molecule has 0 bridgehead atoms. The van der Waals surface area contributed by atoms with Crippen LogP contribution >= 0.6 is 23.5 Å². The van der Waals surface area contributed by atoms with Crippen LogP contribution in [0.1, 0.15) is 31.0 Å². The van der Waals surface area contributed by atoms with Gasteiger partial charge in [-0.05, 0) is 18.6 Å². The molecule has 0 saturated heterocycles. The molecule has 0 aliphatic carbocycles. The Morgan fingerprint density at radius 2 is 1.89 bits per heavy atom. The lowest BCUT2D eigenvalue weighted by molar-refractivity contribution is -0.137. The molecular formula is C20H18F5N7OS2. The first-order valence-electron chi connectivity index (χ1n) is 10.2. The predicted octanol–water partition coefficient (Wildman–Crippen LogP) is 5.87. The van der Waals surface area contributed by atoms with Crippen molar-refractivity contribution in [3.8, 4) is 22.8 Å². The first-order chi connectivity index (χ1) is 16.6. The Hall–Kier alpha value is -2.94. The van der Waals surface area contributed by atoms with E-state index in [1.807, 2.05) is 6.92 Å². The number of aromatic amines is 1. The standard InChI is InChI=1S/C20H18F5N7OS2/c1-3-12(9-34-19-30-28-17(33-19)13-8-32(2)31-14(13)15(21)22)35-18-26-16(27-29-18)10-4-6-11(7-5-10)20(23,24)25/h4-8,12,15H,3,9H2,1-2H3,(H,26,27,29). The van der Waals surface area contributed by atoms with Gasteiger partial charge in [-0.15, -0.1) is 15.3 Å². The predicted molar refractivity (Wildman–Crippen MR) is 119 cm³/mol. The second kappa shape index (κ2) is 10.4. The molecule has 0 radical (unpaired) electrons. The van der Waals surface area contributed by atoms with Crippen LogP contribution in [0.3, 0.4) is 0 Å². The van der Waals surface area contributed by atoms with Crippen LogP contribution in [-0.4, -0.2) is 46.2 Å². The molecule has 0 fully saturated rings. The zero-order valence-corrected chi connectivity index (χ0v) is 19.9. The first-order valence-corrected chi connectivity index (χ1v) is 12.1. The van der Waals surface area contributed by atoms with E-state index in [1.54, 1.807) is 0 Å². The van der Waals surface area contributed by atoms with Crippen LogP contribution in [0.4, 0.5) is 22.0 Å². The highest BCUT2D eigenvalue weighted by Gasteiger charge is 2.30. The molecule has 0 spiro atoms. The zero-order chi connectivity index (χ0) is 25.2. The van der Waals surface area contributed by atoms with Gasteiger partial charge in [0, 0.05) is 29.8 Å². The first kappa shape index (κ1) is 25.2. The number of thioether (sulfide) groups is 2. The van der Waals surface area contributed by atoms with Gasteiger partial charge in [0.05, 0.1) is 11.1 Å². The number of hydrogen-bond acceptors (Lipinski definition) is 8. The Bertz CT molecular complexity index is 1270. The monoisotopic (exact) mass is 531 g/mol. The molecule has 1 unspecified atom stereocenters. The Labute approximate surface area is 204 Å². The van der Waals surface area contributed by atoms with Gasteiger partial charge in [0.15, 0.2) is 5.82 Å². The van der Waals surface area contributed by atoms with Crippen molar-refractivity contribution in [3.63, 3.8) is 0 Å². The van der Waals surface area contributed by atoms with E-state index >= 15 is 0 Å². The van der Waals surface area contributed by atoms with Gasteiger partial charge in [0.25, 0.3) is 17.5 Å². The minimum atomic E-state index is -4.41. The number of nitrogens with one attached hydrogen (secondary N) is 1. The Balaban J connectivity index is 1.37.